The molecule has 13 heteroatoms. The Kier molecular flexibility index (Phi) is 8.35. The second-order valence-electron chi connectivity index (χ2n) is 10.3. The van der Waals surface area contributed by atoms with Crippen molar-refractivity contribution in [2.45, 2.75) is 26.3 Å². The number of hydrogen-bond donors (Lipinski definition) is 3. The maximum atomic E-state index is 12.6. The fourth-order valence-electron chi connectivity index (χ4n) is 4.78. The maximum absolute atomic E-state index is 12.6. The Hall–Kier alpha value is -4.07. The normalized spacial score (nSPS) is 17.5. The van der Waals surface area contributed by atoms with E-state index in [-0.39, 0.29) is 11.9 Å². The van der Waals surface area contributed by atoms with Gasteiger partial charge in [0.1, 0.15) is 17.3 Å². The van der Waals surface area contributed by atoms with Gasteiger partial charge in [0.05, 0.1) is 18.2 Å². The van der Waals surface area contributed by atoms with E-state index in [2.05, 4.69) is 45.8 Å². The number of aryl methyl sites for hydroxylation is 1. The number of esters is 1. The molecule has 1 atom stereocenters. The van der Waals surface area contributed by atoms with Gasteiger partial charge in [0, 0.05) is 55.6 Å². The van der Waals surface area contributed by atoms with Gasteiger partial charge < -0.3 is 15.4 Å². The molecule has 0 amide bonds. The third-order valence-electron chi connectivity index (χ3n) is 7.01. The molecule has 4 aromatic rings. The number of rotatable bonds is 10. The summed E-state index contributed by atoms with van der Waals surface area (Å²) in [6.07, 6.45) is 5.21. The zero-order chi connectivity index (χ0) is 28.0. The van der Waals surface area contributed by atoms with Crippen LogP contribution in [-0.2, 0) is 16.1 Å². The Morgan fingerprint density at radius 3 is 2.76 bits per heavy atom. The van der Waals surface area contributed by atoms with Gasteiger partial charge in [-0.2, -0.15) is 4.98 Å². The molecule has 2 aliphatic heterocycles. The summed E-state index contributed by atoms with van der Waals surface area (Å²) in [6.45, 7) is 6.65. The van der Waals surface area contributed by atoms with Crippen LogP contribution in [0.1, 0.15) is 24.2 Å². The van der Waals surface area contributed by atoms with Crippen molar-refractivity contribution in [3.8, 4) is 11.5 Å². The van der Waals surface area contributed by atoms with Gasteiger partial charge in [-0.05, 0) is 50.6 Å². The van der Waals surface area contributed by atoms with Crippen LogP contribution in [0.25, 0.3) is 11.5 Å². The smallest absolute Gasteiger partial charge is 0.310 e. The highest BCUT2D eigenvalue weighted by molar-refractivity contribution is 7.13. The highest BCUT2D eigenvalue weighted by atomic mass is 32.1. The predicted molar refractivity (Wildman–Crippen MR) is 156 cm³/mol. The molecule has 12 nitrogen and oxygen atoms in total. The lowest BCUT2D eigenvalue weighted by Crippen LogP contribution is -2.45. The molecule has 0 bridgehead atoms. The number of aromatic nitrogens is 6. The van der Waals surface area contributed by atoms with Crippen LogP contribution in [0, 0.1) is 18.8 Å². The fraction of sp³-hybridized carbons (Fsp3) is 0.393. The molecule has 0 saturated carbocycles. The Labute approximate surface area is 242 Å². The molecule has 0 radical (unpaired) electrons. The van der Waals surface area contributed by atoms with E-state index < -0.39 is 0 Å². The molecule has 41 heavy (non-hydrogen) atoms. The van der Waals surface area contributed by atoms with E-state index in [1.165, 1.54) is 11.3 Å². The van der Waals surface area contributed by atoms with Crippen LogP contribution in [-0.4, -0.2) is 73.6 Å². The van der Waals surface area contributed by atoms with Crippen LogP contribution < -0.4 is 16.0 Å². The minimum Gasteiger partial charge on any atom is -0.465 e. The van der Waals surface area contributed by atoms with E-state index in [0.29, 0.717) is 59.8 Å². The van der Waals surface area contributed by atoms with Gasteiger partial charge in [-0.25, -0.2) is 24.9 Å². The van der Waals surface area contributed by atoms with Crippen LogP contribution >= 0.6 is 11.3 Å². The number of carbonyl (C=O) groups excluding carboxylic acids is 1. The van der Waals surface area contributed by atoms with Crippen molar-refractivity contribution in [3.05, 3.63) is 59.5 Å². The average molecular weight is 573 g/mol. The number of carbonyl (C=O) groups is 1. The van der Waals surface area contributed by atoms with Crippen LogP contribution in [0.15, 0.2) is 48.1 Å². The van der Waals surface area contributed by atoms with Crippen LogP contribution in [0.5, 0.6) is 0 Å². The molecule has 0 aromatic carbocycles. The van der Waals surface area contributed by atoms with Crippen molar-refractivity contribution in [1.82, 2.24) is 40.1 Å². The van der Waals surface area contributed by atoms with Crippen molar-refractivity contribution >= 4 is 40.0 Å². The number of hydrogen-bond acceptors (Lipinski definition) is 13. The summed E-state index contributed by atoms with van der Waals surface area (Å²) in [5.41, 5.74) is 2.55. The summed E-state index contributed by atoms with van der Waals surface area (Å²) >= 11 is 1.50. The minimum atomic E-state index is -0.0734. The van der Waals surface area contributed by atoms with E-state index in [1.807, 2.05) is 30.5 Å². The van der Waals surface area contributed by atoms with E-state index in [4.69, 9.17) is 9.72 Å². The van der Waals surface area contributed by atoms with Crippen molar-refractivity contribution < 1.29 is 9.53 Å². The number of likely N-dealkylation sites (tertiary alicyclic amines) is 1. The molecular formula is C28H32N10O2S. The van der Waals surface area contributed by atoms with Gasteiger partial charge in [0.25, 0.3) is 0 Å². The molecule has 3 N–H and O–H groups in total. The highest BCUT2D eigenvalue weighted by Crippen LogP contribution is 2.24. The van der Waals surface area contributed by atoms with Gasteiger partial charge in [-0.3, -0.25) is 15.0 Å². The lowest BCUT2D eigenvalue weighted by atomic mass is 9.98. The van der Waals surface area contributed by atoms with Crippen LogP contribution in [0.4, 0.5) is 22.7 Å². The number of thiazole rings is 1. The van der Waals surface area contributed by atoms with Crippen LogP contribution in [0.2, 0.25) is 0 Å². The van der Waals surface area contributed by atoms with E-state index in [1.54, 1.807) is 24.5 Å². The first-order valence-corrected chi connectivity index (χ1v) is 14.6. The van der Waals surface area contributed by atoms with Crippen molar-refractivity contribution in [3.63, 3.8) is 0 Å². The number of nitrogens with one attached hydrogen (secondary N) is 3. The molecule has 0 aliphatic carbocycles. The monoisotopic (exact) mass is 572 g/mol. The Bertz CT molecular complexity index is 1490. The second-order valence-corrected chi connectivity index (χ2v) is 11.2. The molecule has 0 unspecified atom stereocenters. The zero-order valence-electron chi connectivity index (χ0n) is 22.8. The largest absolute Gasteiger partial charge is 0.465 e. The quantitative estimate of drug-likeness (QED) is 0.239. The highest BCUT2D eigenvalue weighted by Gasteiger charge is 2.28. The van der Waals surface area contributed by atoms with Gasteiger partial charge in [0.2, 0.25) is 5.95 Å². The third-order valence-corrected chi connectivity index (χ3v) is 7.81. The lowest BCUT2D eigenvalue weighted by Gasteiger charge is -2.32. The fourth-order valence-corrected chi connectivity index (χ4v) is 5.47. The first-order chi connectivity index (χ1) is 20.1. The first-order valence-electron chi connectivity index (χ1n) is 13.8. The molecule has 6 rings (SSSR count). The van der Waals surface area contributed by atoms with Gasteiger partial charge >= 0.3 is 5.97 Å². The van der Waals surface area contributed by atoms with Crippen LogP contribution in [0.3, 0.4) is 0 Å². The topological polar surface area (TPSA) is 143 Å². The molecule has 0 spiro atoms. The summed E-state index contributed by atoms with van der Waals surface area (Å²) in [5, 5.41) is 12.4. The summed E-state index contributed by atoms with van der Waals surface area (Å²) < 4.78 is 5.57. The predicted octanol–water partition coefficient (Wildman–Crippen LogP) is 3.56. The maximum Gasteiger partial charge on any atom is 0.310 e. The first kappa shape index (κ1) is 27.1. The lowest BCUT2D eigenvalue weighted by molar-refractivity contribution is -0.152. The molecule has 6 heterocycles. The zero-order valence-corrected chi connectivity index (χ0v) is 23.6. The number of anilines is 4. The van der Waals surface area contributed by atoms with E-state index in [9.17, 15) is 4.79 Å². The van der Waals surface area contributed by atoms with Gasteiger partial charge in [-0.1, -0.05) is 6.07 Å². The summed E-state index contributed by atoms with van der Waals surface area (Å²) in [7, 11) is 0. The van der Waals surface area contributed by atoms with E-state index in [0.717, 1.165) is 43.9 Å². The molecule has 212 valence electrons. The SMILES string of the molecule is Cc1cccc(-c2nccc(Nc3ccnc(Nc4nc(CN5CCC[C@@H](C(=O)OCC6CNC6)C5)cs4)n3)n2)n1. The Morgan fingerprint density at radius 2 is 1.93 bits per heavy atom. The molecule has 2 saturated heterocycles. The minimum absolute atomic E-state index is 0.0714. The summed E-state index contributed by atoms with van der Waals surface area (Å²) in [4.78, 5) is 41.9. The van der Waals surface area contributed by atoms with E-state index >= 15 is 0 Å². The standard InChI is InChI=1S/C28H32N10O2S/c1-18-4-2-6-22(32-18)25-30-9-7-23(35-25)34-24-8-10-31-27(36-24)37-28-33-21(17-41-28)15-38-11-3-5-20(14-38)26(39)40-16-19-12-29-13-19/h2,4,6-10,17,19-20,29H,3,5,11-16H2,1H3,(H2,30,31,33,34,35,36,37)/t20-/m1/s1. The average Bonchev–Trinajstić information content (AvgIpc) is 3.39. The molecule has 2 aliphatic rings. The number of pyridine rings is 1. The molecular weight excluding hydrogens is 540 g/mol. The van der Waals surface area contributed by atoms with Crippen molar-refractivity contribution in [2.75, 3.05) is 43.4 Å². The Morgan fingerprint density at radius 1 is 1.07 bits per heavy atom. The second kappa shape index (κ2) is 12.6. The number of ether oxygens (including phenoxy) is 1. The third kappa shape index (κ3) is 7.17. The Balaban J connectivity index is 1.03. The summed E-state index contributed by atoms with van der Waals surface area (Å²) in [5.74, 6) is 2.46. The number of nitrogens with zero attached hydrogens (tertiary/aromatic N) is 7. The number of piperidine rings is 1. The van der Waals surface area contributed by atoms with Crippen molar-refractivity contribution in [2.24, 2.45) is 11.8 Å². The molecule has 2 fully saturated rings. The van der Waals surface area contributed by atoms with Gasteiger partial charge in [-0.15, -0.1) is 11.3 Å². The van der Waals surface area contributed by atoms with Gasteiger partial charge in [0.15, 0.2) is 11.0 Å². The van der Waals surface area contributed by atoms with Crippen molar-refractivity contribution in [1.29, 1.82) is 0 Å². The summed E-state index contributed by atoms with van der Waals surface area (Å²) in [6, 6.07) is 9.30. The molecule has 4 aromatic heterocycles.